The molecule has 2 heteroatoms. The minimum absolute atomic E-state index is 0.367. The van der Waals surface area contributed by atoms with Crippen LogP contribution in [-0.2, 0) is 12.8 Å². The lowest BCUT2D eigenvalue weighted by molar-refractivity contribution is 0.384. The zero-order valence-corrected chi connectivity index (χ0v) is 23.3. The van der Waals surface area contributed by atoms with Crippen LogP contribution in [0.2, 0.25) is 0 Å². The predicted octanol–water partition coefficient (Wildman–Crippen LogP) is 10.3. The molecule has 0 bridgehead atoms. The first-order valence-corrected chi connectivity index (χ1v) is 14.5. The molecule has 0 radical (unpaired) electrons. The summed E-state index contributed by atoms with van der Waals surface area (Å²) in [5, 5.41) is 18.9. The molecule has 0 aliphatic rings. The van der Waals surface area contributed by atoms with Gasteiger partial charge in [-0.2, -0.15) is 0 Å². The summed E-state index contributed by atoms with van der Waals surface area (Å²) in [7, 11) is 0. The number of benzene rings is 2. The topological polar surface area (TPSA) is 40.5 Å². The zero-order valence-electron chi connectivity index (χ0n) is 23.3. The molecule has 198 valence electrons. The van der Waals surface area contributed by atoms with Gasteiger partial charge in [0.2, 0.25) is 0 Å². The van der Waals surface area contributed by atoms with Crippen LogP contribution in [0.5, 0.6) is 11.5 Å². The van der Waals surface area contributed by atoms with Crippen molar-refractivity contribution in [3.8, 4) is 11.5 Å². The van der Waals surface area contributed by atoms with Crippen molar-refractivity contribution in [1.29, 1.82) is 0 Å². The zero-order chi connectivity index (χ0) is 25.7. The molecule has 2 aromatic rings. The summed E-state index contributed by atoms with van der Waals surface area (Å²) in [5.74, 6) is 2.37. The lowest BCUT2D eigenvalue weighted by atomic mass is 9.91. The first-order valence-electron chi connectivity index (χ1n) is 14.5. The monoisotopic (exact) mass is 482 g/mol. The summed E-state index contributed by atoms with van der Waals surface area (Å²) in [5.41, 5.74) is 2.43. The Hall–Kier alpha value is -1.96. The minimum Gasteiger partial charge on any atom is -0.508 e. The lowest BCUT2D eigenvalue weighted by Crippen LogP contribution is -2.03. The van der Waals surface area contributed by atoms with Gasteiger partial charge >= 0.3 is 0 Å². The smallest absolute Gasteiger partial charge is 0.118 e. The number of phenols is 2. The molecule has 0 saturated carbocycles. The third kappa shape index (κ3) is 16.4. The molecule has 2 N–H and O–H groups in total. The molecule has 35 heavy (non-hydrogen) atoms. The van der Waals surface area contributed by atoms with Crippen molar-refractivity contribution in [2.75, 3.05) is 0 Å². The van der Waals surface area contributed by atoms with E-state index < -0.39 is 0 Å². The van der Waals surface area contributed by atoms with Gasteiger partial charge in [0.1, 0.15) is 11.5 Å². The van der Waals surface area contributed by atoms with Gasteiger partial charge in [-0.05, 0) is 73.3 Å². The highest BCUT2D eigenvalue weighted by atomic mass is 16.3. The quantitative estimate of drug-likeness (QED) is 0.220. The molecule has 2 unspecified atom stereocenters. The number of hydrogen-bond acceptors (Lipinski definition) is 2. The van der Waals surface area contributed by atoms with Crippen molar-refractivity contribution in [1.82, 2.24) is 0 Å². The Morgan fingerprint density at radius 2 is 1.20 bits per heavy atom. The Morgan fingerprint density at radius 1 is 0.629 bits per heavy atom. The van der Waals surface area contributed by atoms with E-state index in [2.05, 4.69) is 27.7 Å². The van der Waals surface area contributed by atoms with E-state index in [1.54, 1.807) is 18.2 Å². The number of unbranched alkanes of at least 4 members (excludes halogenated alkanes) is 9. The summed E-state index contributed by atoms with van der Waals surface area (Å²) >= 11 is 0. The summed E-state index contributed by atoms with van der Waals surface area (Å²) < 4.78 is 0. The number of rotatable bonds is 17. The number of para-hydroxylation sites is 1. The van der Waals surface area contributed by atoms with Gasteiger partial charge in [-0.15, -0.1) is 0 Å². The Kier molecular flexibility index (Phi) is 18.0. The van der Waals surface area contributed by atoms with Gasteiger partial charge in [-0.25, -0.2) is 0 Å². The van der Waals surface area contributed by atoms with Gasteiger partial charge in [0.15, 0.2) is 0 Å². The third-order valence-electron chi connectivity index (χ3n) is 7.16. The Balaban J connectivity index is 0.000000355. The van der Waals surface area contributed by atoms with Crippen LogP contribution in [0.4, 0.5) is 0 Å². The molecular weight excluding hydrogens is 428 g/mol. The minimum atomic E-state index is 0.367. The number of hydrogen-bond donors (Lipinski definition) is 2. The Morgan fingerprint density at radius 3 is 1.77 bits per heavy atom. The Bertz CT molecular complexity index is 737. The molecule has 0 spiro atoms. The first kappa shape index (κ1) is 31.1. The number of aryl methyl sites for hydroxylation is 2. The maximum atomic E-state index is 9.65. The SMILES string of the molecule is CCC(C)CC(C)CCc1ccccc1O.CCCCCCCCCCCCc1ccc(O)cc1. The maximum Gasteiger partial charge on any atom is 0.118 e. The molecule has 0 saturated heterocycles. The second-order valence-electron chi connectivity index (χ2n) is 10.6. The molecule has 2 nitrogen and oxygen atoms in total. The summed E-state index contributed by atoms with van der Waals surface area (Å²) in [6.07, 6.45) is 19.7. The van der Waals surface area contributed by atoms with E-state index >= 15 is 0 Å². The van der Waals surface area contributed by atoms with E-state index in [0.29, 0.717) is 11.5 Å². The molecule has 0 amide bonds. The molecule has 0 aliphatic heterocycles. The van der Waals surface area contributed by atoms with Crippen molar-refractivity contribution in [3.05, 3.63) is 59.7 Å². The second-order valence-corrected chi connectivity index (χ2v) is 10.6. The van der Waals surface area contributed by atoms with Crippen molar-refractivity contribution in [3.63, 3.8) is 0 Å². The highest BCUT2D eigenvalue weighted by Crippen LogP contribution is 2.23. The second kappa shape index (κ2) is 20.3. The van der Waals surface area contributed by atoms with Crippen LogP contribution in [0.15, 0.2) is 48.5 Å². The van der Waals surface area contributed by atoms with E-state index in [4.69, 9.17) is 0 Å². The van der Waals surface area contributed by atoms with Gasteiger partial charge in [0.25, 0.3) is 0 Å². The van der Waals surface area contributed by atoms with Crippen molar-refractivity contribution < 1.29 is 10.2 Å². The van der Waals surface area contributed by atoms with E-state index in [0.717, 1.165) is 30.2 Å². The average molecular weight is 483 g/mol. The van der Waals surface area contributed by atoms with Gasteiger partial charge in [0, 0.05) is 0 Å². The van der Waals surface area contributed by atoms with Crippen molar-refractivity contribution in [2.45, 2.75) is 124 Å². The first-order chi connectivity index (χ1) is 17.0. The van der Waals surface area contributed by atoms with E-state index in [9.17, 15) is 10.2 Å². The molecule has 0 fully saturated rings. The Labute approximate surface area is 217 Å². The van der Waals surface area contributed by atoms with Gasteiger partial charge in [-0.1, -0.05) is 122 Å². The molecule has 2 atom stereocenters. The van der Waals surface area contributed by atoms with Crippen LogP contribution in [0.25, 0.3) is 0 Å². The molecule has 0 aromatic heterocycles. The van der Waals surface area contributed by atoms with Crippen molar-refractivity contribution in [2.24, 2.45) is 11.8 Å². The predicted molar refractivity (Wildman–Crippen MR) is 153 cm³/mol. The fourth-order valence-corrected chi connectivity index (χ4v) is 4.57. The maximum absolute atomic E-state index is 9.65. The summed E-state index contributed by atoms with van der Waals surface area (Å²) in [6, 6.07) is 15.3. The lowest BCUT2D eigenvalue weighted by Gasteiger charge is -2.15. The van der Waals surface area contributed by atoms with Crippen LogP contribution in [-0.4, -0.2) is 10.2 Å². The molecular formula is C33H54O2. The van der Waals surface area contributed by atoms with Gasteiger partial charge in [-0.3, -0.25) is 0 Å². The van der Waals surface area contributed by atoms with Crippen LogP contribution in [0, 0.1) is 11.8 Å². The summed E-state index contributed by atoms with van der Waals surface area (Å²) in [6.45, 7) is 9.15. The van der Waals surface area contributed by atoms with Crippen LogP contribution in [0.1, 0.15) is 122 Å². The normalized spacial score (nSPS) is 12.6. The van der Waals surface area contributed by atoms with Crippen LogP contribution in [0.3, 0.4) is 0 Å². The van der Waals surface area contributed by atoms with Gasteiger partial charge < -0.3 is 10.2 Å². The van der Waals surface area contributed by atoms with Crippen molar-refractivity contribution >= 4 is 0 Å². The fraction of sp³-hybridized carbons (Fsp3) is 0.636. The molecule has 0 aliphatic carbocycles. The van der Waals surface area contributed by atoms with Gasteiger partial charge in [0.05, 0.1) is 0 Å². The highest BCUT2D eigenvalue weighted by Gasteiger charge is 2.08. The fourth-order valence-electron chi connectivity index (χ4n) is 4.57. The third-order valence-corrected chi connectivity index (χ3v) is 7.16. The highest BCUT2D eigenvalue weighted by molar-refractivity contribution is 5.31. The van der Waals surface area contributed by atoms with E-state index in [1.807, 2.05) is 30.3 Å². The molecule has 2 aromatic carbocycles. The number of phenolic OH excluding ortho intramolecular Hbond substituents is 2. The van der Waals surface area contributed by atoms with Crippen LogP contribution < -0.4 is 0 Å². The van der Waals surface area contributed by atoms with Crippen LogP contribution >= 0.6 is 0 Å². The number of aromatic hydroxyl groups is 2. The standard InChI is InChI=1S/C18H30O.C15H24O/c1-2-3-4-5-6-7-8-9-10-11-12-17-13-15-18(19)16-14-17;1-4-12(2)11-13(3)9-10-14-7-5-6-8-15(14)16/h13-16,19H,2-12H2,1H3;5-8,12-13,16H,4,9-11H2,1-3H3. The molecule has 2 rings (SSSR count). The summed E-state index contributed by atoms with van der Waals surface area (Å²) in [4.78, 5) is 0. The molecule has 0 heterocycles. The average Bonchev–Trinajstić information content (AvgIpc) is 2.86. The largest absolute Gasteiger partial charge is 0.508 e. The van der Waals surface area contributed by atoms with E-state index in [-0.39, 0.29) is 0 Å². The van der Waals surface area contributed by atoms with E-state index in [1.165, 1.54) is 89.0 Å².